The van der Waals surface area contributed by atoms with Crippen LogP contribution in [-0.2, 0) is 0 Å². The molecule has 0 bridgehead atoms. The topological polar surface area (TPSA) is 42.0 Å². The smallest absolute Gasteiger partial charge is 0.251 e. The lowest BCUT2D eigenvalue weighted by atomic mass is 10.0. The van der Waals surface area contributed by atoms with Gasteiger partial charge in [-0.05, 0) is 23.6 Å². The van der Waals surface area contributed by atoms with Crippen molar-refractivity contribution in [2.75, 3.05) is 6.54 Å². The van der Waals surface area contributed by atoms with Gasteiger partial charge in [0.15, 0.2) is 0 Å². The summed E-state index contributed by atoms with van der Waals surface area (Å²) in [5.74, 6) is 0.0203. The third kappa shape index (κ3) is 3.95. The van der Waals surface area contributed by atoms with E-state index in [1.54, 1.807) is 0 Å². The molecule has 1 N–H and O–H groups in total. The summed E-state index contributed by atoms with van der Waals surface area (Å²) in [7, 11) is 0. The van der Waals surface area contributed by atoms with Crippen LogP contribution in [-0.4, -0.2) is 17.4 Å². The molecule has 0 unspecified atom stereocenters. The molecule has 0 spiro atoms. The van der Waals surface area contributed by atoms with E-state index >= 15 is 0 Å². The fraction of sp³-hybridized carbons (Fsp3) is 0.200. The van der Waals surface area contributed by atoms with Crippen LogP contribution in [0.15, 0.2) is 42.5 Å². The minimum absolute atomic E-state index is 0.207. The molecule has 1 aromatic heterocycles. The molecule has 104 valence electrons. The first-order valence-corrected chi connectivity index (χ1v) is 6.98. The number of amides is 1. The molecule has 1 aromatic carbocycles. The predicted octanol–water partition coefficient (Wildman–Crippen LogP) is 3.92. The lowest BCUT2D eigenvalue weighted by Gasteiger charge is -2.13. The van der Waals surface area contributed by atoms with E-state index in [4.69, 9.17) is 23.2 Å². The maximum atomic E-state index is 12.0. The van der Waals surface area contributed by atoms with Crippen molar-refractivity contribution in [3.05, 3.63) is 63.9 Å². The molecule has 5 heteroatoms. The first kappa shape index (κ1) is 14.8. The number of nitrogens with one attached hydrogen (secondary N) is 1. The lowest BCUT2D eigenvalue weighted by Crippen LogP contribution is -2.27. The maximum Gasteiger partial charge on any atom is 0.251 e. The molecule has 3 nitrogen and oxygen atoms in total. The van der Waals surface area contributed by atoms with Crippen molar-refractivity contribution >= 4 is 29.1 Å². The second kappa shape index (κ2) is 6.73. The summed E-state index contributed by atoms with van der Waals surface area (Å²) in [6.07, 6.45) is 0. The Morgan fingerprint density at radius 2 is 1.80 bits per heavy atom. The van der Waals surface area contributed by atoms with Gasteiger partial charge in [-0.2, -0.15) is 0 Å². The van der Waals surface area contributed by atoms with Gasteiger partial charge in [0.05, 0.1) is 0 Å². The first-order valence-electron chi connectivity index (χ1n) is 6.22. The van der Waals surface area contributed by atoms with Crippen LogP contribution in [0.4, 0.5) is 0 Å². The molecule has 20 heavy (non-hydrogen) atoms. The van der Waals surface area contributed by atoms with Crippen molar-refractivity contribution in [3.8, 4) is 0 Å². The molecule has 0 radical (unpaired) electrons. The highest BCUT2D eigenvalue weighted by atomic mass is 35.5. The molecular weight excluding hydrogens is 295 g/mol. The van der Waals surface area contributed by atoms with Crippen LogP contribution in [0.5, 0.6) is 0 Å². The number of pyridine rings is 1. The molecule has 1 amide bonds. The maximum absolute atomic E-state index is 12.0. The Kier molecular flexibility index (Phi) is 4.99. The standard InChI is InChI=1S/C15H14Cl2N2O/c1-10(11-5-3-2-4-6-11)9-18-15(20)12-7-13(16)19-14(17)8-12/h2-8,10H,9H2,1H3,(H,18,20)/t10-/m1/s1. The van der Waals surface area contributed by atoms with Crippen molar-refractivity contribution in [2.45, 2.75) is 12.8 Å². The third-order valence-corrected chi connectivity index (χ3v) is 3.35. The number of carbonyl (C=O) groups excluding carboxylic acids is 1. The zero-order valence-electron chi connectivity index (χ0n) is 10.9. The fourth-order valence-electron chi connectivity index (χ4n) is 1.84. The highest BCUT2D eigenvalue weighted by molar-refractivity contribution is 6.33. The van der Waals surface area contributed by atoms with Crippen LogP contribution in [0, 0.1) is 0 Å². The summed E-state index contributed by atoms with van der Waals surface area (Å²) in [6, 6.07) is 13.0. The third-order valence-electron chi connectivity index (χ3n) is 2.96. The highest BCUT2D eigenvalue weighted by Gasteiger charge is 2.11. The summed E-state index contributed by atoms with van der Waals surface area (Å²) < 4.78 is 0. The summed E-state index contributed by atoms with van der Waals surface area (Å²) in [5.41, 5.74) is 1.59. The van der Waals surface area contributed by atoms with Crippen LogP contribution in [0.1, 0.15) is 28.8 Å². The van der Waals surface area contributed by atoms with Gasteiger partial charge in [0.25, 0.3) is 5.91 Å². The summed E-state index contributed by atoms with van der Waals surface area (Å²) >= 11 is 11.6. The van der Waals surface area contributed by atoms with E-state index < -0.39 is 0 Å². The molecule has 2 rings (SSSR count). The number of hydrogen-bond donors (Lipinski definition) is 1. The molecule has 0 aliphatic heterocycles. The van der Waals surface area contributed by atoms with E-state index in [1.807, 2.05) is 30.3 Å². The summed E-state index contributed by atoms with van der Waals surface area (Å²) in [4.78, 5) is 15.8. The van der Waals surface area contributed by atoms with Crippen LogP contribution < -0.4 is 5.32 Å². The van der Waals surface area contributed by atoms with E-state index in [9.17, 15) is 4.79 Å². The van der Waals surface area contributed by atoms with Gasteiger partial charge in [0, 0.05) is 12.1 Å². The van der Waals surface area contributed by atoms with Crippen molar-refractivity contribution in [1.82, 2.24) is 10.3 Å². The molecule has 2 aromatic rings. The second-order valence-electron chi connectivity index (χ2n) is 4.52. The van der Waals surface area contributed by atoms with Gasteiger partial charge in [-0.3, -0.25) is 4.79 Å². The Morgan fingerprint density at radius 1 is 1.20 bits per heavy atom. The molecule has 0 saturated carbocycles. The molecule has 0 aliphatic carbocycles. The van der Waals surface area contributed by atoms with Gasteiger partial charge in [-0.15, -0.1) is 0 Å². The van der Waals surface area contributed by atoms with Crippen LogP contribution in [0.25, 0.3) is 0 Å². The largest absolute Gasteiger partial charge is 0.351 e. The van der Waals surface area contributed by atoms with Crippen molar-refractivity contribution < 1.29 is 4.79 Å². The Balaban J connectivity index is 1.98. The van der Waals surface area contributed by atoms with Crippen LogP contribution in [0.3, 0.4) is 0 Å². The Bertz CT molecular complexity index is 582. The van der Waals surface area contributed by atoms with Gasteiger partial charge in [-0.25, -0.2) is 4.98 Å². The zero-order valence-corrected chi connectivity index (χ0v) is 12.4. The number of nitrogens with zero attached hydrogens (tertiary/aromatic N) is 1. The predicted molar refractivity (Wildman–Crippen MR) is 81.4 cm³/mol. The zero-order chi connectivity index (χ0) is 14.5. The normalized spacial score (nSPS) is 11.9. The van der Waals surface area contributed by atoms with E-state index in [2.05, 4.69) is 17.2 Å². The Morgan fingerprint density at radius 3 is 2.40 bits per heavy atom. The quantitative estimate of drug-likeness (QED) is 0.870. The van der Waals surface area contributed by atoms with Crippen LogP contribution in [0.2, 0.25) is 10.3 Å². The van der Waals surface area contributed by atoms with Gasteiger partial charge in [0.2, 0.25) is 0 Å². The summed E-state index contributed by atoms with van der Waals surface area (Å²) in [5, 5.41) is 3.28. The van der Waals surface area contributed by atoms with Gasteiger partial charge >= 0.3 is 0 Å². The number of benzene rings is 1. The molecule has 0 saturated heterocycles. The molecule has 0 aliphatic rings. The van der Waals surface area contributed by atoms with Gasteiger partial charge in [-0.1, -0.05) is 60.5 Å². The van der Waals surface area contributed by atoms with Gasteiger partial charge < -0.3 is 5.32 Å². The Labute approximate surface area is 127 Å². The minimum Gasteiger partial charge on any atom is -0.351 e. The average molecular weight is 309 g/mol. The van der Waals surface area contributed by atoms with E-state index in [0.29, 0.717) is 12.1 Å². The highest BCUT2D eigenvalue weighted by Crippen LogP contribution is 2.16. The monoisotopic (exact) mass is 308 g/mol. The van der Waals surface area contributed by atoms with E-state index in [1.165, 1.54) is 17.7 Å². The Hall–Kier alpha value is -1.58. The van der Waals surface area contributed by atoms with Gasteiger partial charge in [0.1, 0.15) is 10.3 Å². The molecule has 0 fully saturated rings. The molecule has 1 atom stereocenters. The fourth-order valence-corrected chi connectivity index (χ4v) is 2.30. The SMILES string of the molecule is C[C@H](CNC(=O)c1cc(Cl)nc(Cl)c1)c1ccccc1. The average Bonchev–Trinajstić information content (AvgIpc) is 2.44. The van der Waals surface area contributed by atoms with Crippen molar-refractivity contribution in [2.24, 2.45) is 0 Å². The second-order valence-corrected chi connectivity index (χ2v) is 5.30. The van der Waals surface area contributed by atoms with Crippen molar-refractivity contribution in [1.29, 1.82) is 0 Å². The number of aromatic nitrogens is 1. The number of hydrogen-bond acceptors (Lipinski definition) is 2. The van der Waals surface area contributed by atoms with E-state index in [-0.39, 0.29) is 22.1 Å². The lowest BCUT2D eigenvalue weighted by molar-refractivity contribution is 0.0951. The number of halogens is 2. The first-order chi connectivity index (χ1) is 9.56. The number of carbonyl (C=O) groups is 1. The molecular formula is C15H14Cl2N2O. The minimum atomic E-state index is -0.209. The summed E-state index contributed by atoms with van der Waals surface area (Å²) in [6.45, 7) is 2.60. The van der Waals surface area contributed by atoms with Crippen LogP contribution >= 0.6 is 23.2 Å². The molecule has 1 heterocycles. The number of rotatable bonds is 4. The van der Waals surface area contributed by atoms with Crippen molar-refractivity contribution in [3.63, 3.8) is 0 Å². The van der Waals surface area contributed by atoms with E-state index in [0.717, 1.165) is 0 Å².